The van der Waals surface area contributed by atoms with Crippen molar-refractivity contribution in [3.63, 3.8) is 0 Å². The number of benzene rings is 2. The summed E-state index contributed by atoms with van der Waals surface area (Å²) in [4.78, 5) is 11.1. The van der Waals surface area contributed by atoms with E-state index in [4.69, 9.17) is 9.47 Å². The molecule has 6 nitrogen and oxygen atoms in total. The summed E-state index contributed by atoms with van der Waals surface area (Å²) >= 11 is 4.85. The third-order valence-electron chi connectivity index (χ3n) is 3.71. The van der Waals surface area contributed by atoms with Gasteiger partial charge in [-0.05, 0) is 33.6 Å². The molecule has 27 heavy (non-hydrogen) atoms. The number of hydrogen-bond acceptors (Lipinski definition) is 6. The van der Waals surface area contributed by atoms with Crippen LogP contribution in [0.2, 0.25) is 0 Å². The summed E-state index contributed by atoms with van der Waals surface area (Å²) in [5.74, 6) is 1.58. The van der Waals surface area contributed by atoms with Crippen molar-refractivity contribution < 1.29 is 14.3 Å². The third-order valence-corrected chi connectivity index (χ3v) is 5.26. The molecule has 1 amide bonds. The van der Waals surface area contributed by atoms with Gasteiger partial charge in [0.15, 0.2) is 16.7 Å². The number of amides is 1. The maximum absolute atomic E-state index is 11.1. The Morgan fingerprint density at radius 3 is 2.78 bits per heavy atom. The van der Waals surface area contributed by atoms with E-state index in [9.17, 15) is 4.79 Å². The summed E-state index contributed by atoms with van der Waals surface area (Å²) in [6.07, 6.45) is 2.41. The molecule has 8 heteroatoms. The molecule has 0 spiro atoms. The van der Waals surface area contributed by atoms with Gasteiger partial charge in [-0.1, -0.05) is 42.1 Å². The van der Waals surface area contributed by atoms with Gasteiger partial charge in [0.2, 0.25) is 5.91 Å². The summed E-state index contributed by atoms with van der Waals surface area (Å²) in [5, 5.41) is 11.1. The number of halogens is 1. The Hall–Kier alpha value is -2.32. The minimum Gasteiger partial charge on any atom is -0.493 e. The zero-order valence-electron chi connectivity index (χ0n) is 14.6. The van der Waals surface area contributed by atoms with Crippen LogP contribution in [0.5, 0.6) is 11.5 Å². The molecule has 1 aliphatic rings. The fraction of sp³-hybridized carbons (Fsp3) is 0.211. The number of thioether (sulfide) groups is 1. The van der Waals surface area contributed by atoms with Crippen LogP contribution in [-0.4, -0.2) is 36.8 Å². The first-order valence-corrected chi connectivity index (χ1v) is 10.0. The Balaban J connectivity index is 1.66. The van der Waals surface area contributed by atoms with Gasteiger partial charge in [-0.2, -0.15) is 5.10 Å². The Kier molecular flexibility index (Phi) is 6.89. The molecule has 1 fully saturated rings. The van der Waals surface area contributed by atoms with Crippen molar-refractivity contribution in [1.82, 2.24) is 5.32 Å². The number of nitrogens with zero attached hydrogens (tertiary/aromatic N) is 2. The lowest BCUT2D eigenvalue weighted by Crippen LogP contribution is -2.19. The number of rotatable bonds is 7. The van der Waals surface area contributed by atoms with Crippen LogP contribution in [0.4, 0.5) is 0 Å². The number of amidine groups is 1. The van der Waals surface area contributed by atoms with E-state index in [0.29, 0.717) is 29.0 Å². The van der Waals surface area contributed by atoms with E-state index in [1.165, 1.54) is 17.3 Å². The van der Waals surface area contributed by atoms with Crippen LogP contribution >= 0.6 is 27.7 Å². The minimum absolute atomic E-state index is 0.0613. The normalized spacial score (nSPS) is 15.3. The molecule has 1 heterocycles. The van der Waals surface area contributed by atoms with Crippen molar-refractivity contribution in [3.05, 3.63) is 58.1 Å². The highest BCUT2D eigenvalue weighted by Crippen LogP contribution is 2.33. The van der Waals surface area contributed by atoms with Crippen LogP contribution in [0.3, 0.4) is 0 Å². The molecule has 0 aromatic heterocycles. The lowest BCUT2D eigenvalue weighted by atomic mass is 10.2. The first kappa shape index (κ1) is 19.4. The molecular weight excluding hydrogens is 430 g/mol. The average molecular weight is 448 g/mol. The first-order chi connectivity index (χ1) is 13.2. The van der Waals surface area contributed by atoms with Crippen molar-refractivity contribution in [1.29, 1.82) is 0 Å². The molecular formula is C19H18BrN3O3S. The number of carbonyl (C=O) groups excluding carboxylic acids is 1. The van der Waals surface area contributed by atoms with Crippen LogP contribution < -0.4 is 14.8 Å². The zero-order chi connectivity index (χ0) is 19.1. The highest BCUT2D eigenvalue weighted by molar-refractivity contribution is 9.10. The van der Waals surface area contributed by atoms with Gasteiger partial charge in [0.05, 0.1) is 25.7 Å². The molecule has 0 unspecified atom stereocenters. The molecule has 1 aliphatic heterocycles. The summed E-state index contributed by atoms with van der Waals surface area (Å²) in [5.41, 5.74) is 2.01. The van der Waals surface area contributed by atoms with Crippen LogP contribution in [0.25, 0.3) is 0 Å². The highest BCUT2D eigenvalue weighted by atomic mass is 79.9. The molecule has 1 N–H and O–H groups in total. The largest absolute Gasteiger partial charge is 0.493 e. The lowest BCUT2D eigenvalue weighted by Gasteiger charge is -2.12. The quantitative estimate of drug-likeness (QED) is 0.519. The monoisotopic (exact) mass is 447 g/mol. The fourth-order valence-corrected chi connectivity index (χ4v) is 3.42. The predicted octanol–water partition coefficient (Wildman–Crippen LogP) is 3.63. The van der Waals surface area contributed by atoms with E-state index in [-0.39, 0.29) is 5.91 Å². The SMILES string of the molecule is COc1cc(C=NN=C2NC(=O)CS2)c(Br)cc1OCCc1ccccc1. The van der Waals surface area contributed by atoms with E-state index in [2.05, 4.69) is 43.6 Å². The predicted molar refractivity (Wildman–Crippen MR) is 112 cm³/mol. The number of carbonyl (C=O) groups is 1. The molecule has 2 aromatic carbocycles. The maximum atomic E-state index is 11.1. The van der Waals surface area contributed by atoms with E-state index in [1.807, 2.05) is 30.3 Å². The summed E-state index contributed by atoms with van der Waals surface area (Å²) in [6.45, 7) is 0.546. The van der Waals surface area contributed by atoms with Crippen LogP contribution in [0.1, 0.15) is 11.1 Å². The van der Waals surface area contributed by atoms with Crippen LogP contribution in [0, 0.1) is 0 Å². The van der Waals surface area contributed by atoms with Crippen LogP contribution in [0.15, 0.2) is 57.1 Å². The Bertz CT molecular complexity index is 872. The lowest BCUT2D eigenvalue weighted by molar-refractivity contribution is -0.116. The third kappa shape index (κ3) is 5.58. The van der Waals surface area contributed by atoms with Crippen molar-refractivity contribution in [3.8, 4) is 11.5 Å². The smallest absolute Gasteiger partial charge is 0.236 e. The summed E-state index contributed by atoms with van der Waals surface area (Å²) in [7, 11) is 1.60. The summed E-state index contributed by atoms with van der Waals surface area (Å²) in [6, 6.07) is 13.8. The maximum Gasteiger partial charge on any atom is 0.236 e. The van der Waals surface area contributed by atoms with E-state index < -0.39 is 0 Å². The highest BCUT2D eigenvalue weighted by Gasteiger charge is 2.16. The topological polar surface area (TPSA) is 72.3 Å². The molecule has 3 rings (SSSR count). The van der Waals surface area contributed by atoms with Gasteiger partial charge in [-0.3, -0.25) is 4.79 Å². The Morgan fingerprint density at radius 2 is 2.07 bits per heavy atom. The van der Waals surface area contributed by atoms with Crippen molar-refractivity contribution in [2.45, 2.75) is 6.42 Å². The number of methoxy groups -OCH3 is 1. The second-order valence-corrected chi connectivity index (χ2v) is 7.41. The van der Waals surface area contributed by atoms with Gasteiger partial charge in [-0.25, -0.2) is 0 Å². The first-order valence-electron chi connectivity index (χ1n) is 8.23. The zero-order valence-corrected chi connectivity index (χ0v) is 17.0. The Morgan fingerprint density at radius 1 is 1.26 bits per heavy atom. The molecule has 0 radical (unpaired) electrons. The van der Waals surface area contributed by atoms with Gasteiger partial charge in [0.25, 0.3) is 0 Å². The minimum atomic E-state index is -0.0613. The van der Waals surface area contributed by atoms with Gasteiger partial charge < -0.3 is 14.8 Å². The van der Waals surface area contributed by atoms with E-state index in [1.54, 1.807) is 13.3 Å². The van der Waals surface area contributed by atoms with Crippen LogP contribution in [-0.2, 0) is 11.2 Å². The summed E-state index contributed by atoms with van der Waals surface area (Å²) < 4.78 is 12.1. The molecule has 2 aromatic rings. The van der Waals surface area contributed by atoms with Gasteiger partial charge in [0.1, 0.15) is 0 Å². The molecule has 1 saturated heterocycles. The second-order valence-electron chi connectivity index (χ2n) is 5.60. The van der Waals surface area contributed by atoms with Crippen molar-refractivity contribution in [2.75, 3.05) is 19.5 Å². The Labute approximate surface area is 170 Å². The van der Waals surface area contributed by atoms with Gasteiger partial charge in [-0.15, -0.1) is 5.10 Å². The average Bonchev–Trinajstić information content (AvgIpc) is 3.09. The molecule has 0 aliphatic carbocycles. The van der Waals surface area contributed by atoms with E-state index >= 15 is 0 Å². The fourth-order valence-electron chi connectivity index (χ4n) is 2.37. The number of ether oxygens (including phenoxy) is 2. The second kappa shape index (κ2) is 9.57. The number of nitrogens with one attached hydrogen (secondary N) is 1. The molecule has 140 valence electrons. The molecule has 0 atom stereocenters. The standard InChI is InChI=1S/C19H18BrN3O3S/c1-25-16-9-14(11-21-23-19-22-18(24)12-27-19)15(20)10-17(16)26-8-7-13-5-3-2-4-6-13/h2-6,9-11H,7-8,12H2,1H3,(H,22,23,24). The van der Waals surface area contributed by atoms with E-state index in [0.717, 1.165) is 16.5 Å². The van der Waals surface area contributed by atoms with Gasteiger partial charge >= 0.3 is 0 Å². The van der Waals surface area contributed by atoms with Gasteiger partial charge in [0, 0.05) is 16.5 Å². The van der Waals surface area contributed by atoms with Crippen molar-refractivity contribution in [2.24, 2.45) is 10.2 Å². The number of hydrogen-bond donors (Lipinski definition) is 1. The molecule has 0 saturated carbocycles. The van der Waals surface area contributed by atoms with Crippen molar-refractivity contribution >= 4 is 45.0 Å². The molecule has 0 bridgehead atoms.